The highest BCUT2D eigenvalue weighted by molar-refractivity contribution is 7.89. The van der Waals surface area contributed by atoms with Crippen LogP contribution in [0.25, 0.3) is 6.08 Å². The Hall–Kier alpha value is -2.97. The molecule has 2 amide bonds. The van der Waals surface area contributed by atoms with Crippen LogP contribution < -0.4 is 10.6 Å². The van der Waals surface area contributed by atoms with Gasteiger partial charge >= 0.3 is 0 Å². The van der Waals surface area contributed by atoms with Gasteiger partial charge in [0.05, 0.1) is 4.90 Å². The van der Waals surface area contributed by atoms with Gasteiger partial charge in [0.2, 0.25) is 21.8 Å². The summed E-state index contributed by atoms with van der Waals surface area (Å²) in [5.74, 6) is 0.118. The molecule has 2 atom stereocenters. The molecule has 0 radical (unpaired) electrons. The van der Waals surface area contributed by atoms with Crippen molar-refractivity contribution in [1.82, 2.24) is 9.62 Å². The van der Waals surface area contributed by atoms with Crippen molar-refractivity contribution in [3.8, 4) is 0 Å². The van der Waals surface area contributed by atoms with Crippen molar-refractivity contribution in [2.45, 2.75) is 31.6 Å². The lowest BCUT2D eigenvalue weighted by atomic mass is 9.94. The largest absolute Gasteiger partial charge is 0.352 e. The van der Waals surface area contributed by atoms with Gasteiger partial charge in [0.25, 0.3) is 0 Å². The number of hydrogen-bond donors (Lipinski definition) is 2. The Labute approximate surface area is 195 Å². The lowest BCUT2D eigenvalue weighted by Gasteiger charge is -2.34. The third-order valence-electron chi connectivity index (χ3n) is 5.49. The number of carbonyl (C=O) groups is 2. The first-order chi connectivity index (χ1) is 15.7. The average Bonchev–Trinajstić information content (AvgIpc) is 2.78. The van der Waals surface area contributed by atoms with Crippen molar-refractivity contribution in [2.75, 3.05) is 25.0 Å². The highest BCUT2D eigenvalue weighted by atomic mass is 32.2. The number of anilines is 1. The summed E-state index contributed by atoms with van der Waals surface area (Å²) in [4.78, 5) is 24.3. The van der Waals surface area contributed by atoms with Crippen molar-refractivity contribution < 1.29 is 18.0 Å². The Bertz CT molecular complexity index is 1070. The number of nitrogens with one attached hydrogen (secondary N) is 2. The summed E-state index contributed by atoms with van der Waals surface area (Å²) in [5, 5.41) is 5.40. The average molecular weight is 470 g/mol. The van der Waals surface area contributed by atoms with Crippen molar-refractivity contribution >= 4 is 33.6 Å². The molecule has 0 aromatic heterocycles. The third kappa shape index (κ3) is 7.27. The smallest absolute Gasteiger partial charge is 0.244 e. The van der Waals surface area contributed by atoms with Crippen LogP contribution in [0.5, 0.6) is 0 Å². The number of amides is 2. The number of sulfonamides is 1. The lowest BCUT2D eigenvalue weighted by Crippen LogP contribution is -2.42. The fraction of sp³-hybridized carbons (Fsp3) is 0.360. The second-order valence-corrected chi connectivity index (χ2v) is 10.6. The number of nitrogens with zero attached hydrogens (tertiary/aromatic N) is 1. The molecule has 176 valence electrons. The molecule has 0 saturated carbocycles. The zero-order valence-electron chi connectivity index (χ0n) is 19.0. The fourth-order valence-corrected chi connectivity index (χ4v) is 5.66. The topological polar surface area (TPSA) is 95.6 Å². The van der Waals surface area contributed by atoms with E-state index in [2.05, 4.69) is 24.5 Å². The molecular weight excluding hydrogens is 438 g/mol. The van der Waals surface area contributed by atoms with E-state index >= 15 is 0 Å². The molecule has 33 heavy (non-hydrogen) atoms. The summed E-state index contributed by atoms with van der Waals surface area (Å²) in [6.45, 7) is 5.38. The summed E-state index contributed by atoms with van der Waals surface area (Å²) < 4.78 is 27.5. The number of benzene rings is 2. The second-order valence-electron chi connectivity index (χ2n) is 8.63. The van der Waals surface area contributed by atoms with E-state index in [0.29, 0.717) is 30.6 Å². The van der Waals surface area contributed by atoms with Crippen LogP contribution in [0.2, 0.25) is 0 Å². The Morgan fingerprint density at radius 3 is 2.27 bits per heavy atom. The Morgan fingerprint density at radius 2 is 1.64 bits per heavy atom. The Balaban J connectivity index is 1.47. The number of hydrogen-bond acceptors (Lipinski definition) is 4. The fourth-order valence-electron chi connectivity index (χ4n) is 3.98. The van der Waals surface area contributed by atoms with Crippen LogP contribution >= 0.6 is 0 Å². The predicted octanol–water partition coefficient (Wildman–Crippen LogP) is 3.51. The van der Waals surface area contributed by atoms with Gasteiger partial charge in [-0.05, 0) is 54.2 Å². The molecule has 0 aliphatic carbocycles. The molecule has 2 aromatic carbocycles. The molecule has 0 spiro atoms. The lowest BCUT2D eigenvalue weighted by molar-refractivity contribution is -0.117. The van der Waals surface area contributed by atoms with Gasteiger partial charge in [-0.25, -0.2) is 8.42 Å². The Morgan fingerprint density at radius 1 is 1.00 bits per heavy atom. The molecule has 1 aliphatic heterocycles. The zero-order chi connectivity index (χ0) is 23.8. The second kappa shape index (κ2) is 11.2. The predicted molar refractivity (Wildman–Crippen MR) is 130 cm³/mol. The monoisotopic (exact) mass is 469 g/mol. The molecule has 0 bridgehead atoms. The zero-order valence-corrected chi connectivity index (χ0v) is 19.8. The molecule has 8 heteroatoms. The summed E-state index contributed by atoms with van der Waals surface area (Å²) >= 11 is 0. The van der Waals surface area contributed by atoms with Gasteiger partial charge in [-0.1, -0.05) is 44.2 Å². The highest BCUT2D eigenvalue weighted by Gasteiger charge is 2.31. The van der Waals surface area contributed by atoms with Gasteiger partial charge in [0.1, 0.15) is 0 Å². The van der Waals surface area contributed by atoms with Crippen LogP contribution in [-0.2, 0) is 19.6 Å². The third-order valence-corrected chi connectivity index (χ3v) is 7.34. The number of rotatable bonds is 8. The van der Waals surface area contributed by atoms with Gasteiger partial charge in [0, 0.05) is 37.8 Å². The normalized spacial score (nSPS) is 19.3. The summed E-state index contributed by atoms with van der Waals surface area (Å²) in [6, 6.07) is 15.7. The maximum Gasteiger partial charge on any atom is 0.244 e. The van der Waals surface area contributed by atoms with E-state index in [4.69, 9.17) is 0 Å². The minimum Gasteiger partial charge on any atom is -0.352 e. The van der Waals surface area contributed by atoms with Gasteiger partial charge < -0.3 is 10.6 Å². The van der Waals surface area contributed by atoms with Crippen LogP contribution in [0.1, 0.15) is 32.3 Å². The van der Waals surface area contributed by atoms with Crippen molar-refractivity contribution in [2.24, 2.45) is 11.8 Å². The molecule has 1 heterocycles. The van der Waals surface area contributed by atoms with Crippen molar-refractivity contribution in [3.63, 3.8) is 0 Å². The van der Waals surface area contributed by atoms with E-state index in [9.17, 15) is 18.0 Å². The van der Waals surface area contributed by atoms with E-state index < -0.39 is 10.0 Å². The maximum atomic E-state index is 13.0. The van der Waals surface area contributed by atoms with E-state index in [1.54, 1.807) is 22.5 Å². The molecule has 2 N–H and O–H groups in total. The molecule has 7 nitrogen and oxygen atoms in total. The van der Waals surface area contributed by atoms with Gasteiger partial charge in [-0.2, -0.15) is 4.31 Å². The standard InChI is InChI=1S/C25H31N3O4S/c1-19-16-20(2)18-28(17-19)33(31,32)23-11-9-22(10-12-23)27-25(30)14-15-26-24(29)13-8-21-6-4-3-5-7-21/h3-13,19-20H,14-18H2,1-2H3,(H,26,29)(H,27,30)/b13-8+. The molecule has 2 aromatic rings. The van der Waals surface area contributed by atoms with Crippen LogP contribution in [0, 0.1) is 11.8 Å². The van der Waals surface area contributed by atoms with Crippen LogP contribution in [0.15, 0.2) is 65.6 Å². The Kier molecular flexibility index (Phi) is 8.41. The summed E-state index contributed by atoms with van der Waals surface area (Å²) in [6.07, 6.45) is 4.27. The molecule has 1 aliphatic rings. The van der Waals surface area contributed by atoms with Crippen molar-refractivity contribution in [1.29, 1.82) is 0 Å². The molecular formula is C25H31N3O4S. The molecule has 1 fully saturated rings. The number of piperidine rings is 1. The van der Waals surface area contributed by atoms with E-state index in [1.165, 1.54) is 18.2 Å². The van der Waals surface area contributed by atoms with Gasteiger partial charge in [-0.3, -0.25) is 9.59 Å². The molecule has 1 saturated heterocycles. The number of carbonyl (C=O) groups excluding carboxylic acids is 2. The minimum absolute atomic E-state index is 0.106. The maximum absolute atomic E-state index is 13.0. The molecule has 3 rings (SSSR count). The van der Waals surface area contributed by atoms with Gasteiger partial charge in [-0.15, -0.1) is 0 Å². The van der Waals surface area contributed by atoms with Gasteiger partial charge in [0.15, 0.2) is 0 Å². The summed E-state index contributed by atoms with van der Waals surface area (Å²) in [5.41, 5.74) is 1.43. The van der Waals surface area contributed by atoms with E-state index in [-0.39, 0.29) is 29.7 Å². The first-order valence-electron chi connectivity index (χ1n) is 11.1. The van der Waals surface area contributed by atoms with E-state index in [0.717, 1.165) is 12.0 Å². The van der Waals surface area contributed by atoms with Crippen LogP contribution in [0.4, 0.5) is 5.69 Å². The first-order valence-corrected chi connectivity index (χ1v) is 12.6. The molecule has 2 unspecified atom stereocenters. The SMILES string of the molecule is CC1CC(C)CN(S(=O)(=O)c2ccc(NC(=O)CCNC(=O)/C=C/c3ccccc3)cc2)C1. The first kappa shape index (κ1) is 24.7. The quantitative estimate of drug-likeness (QED) is 0.579. The summed E-state index contributed by atoms with van der Waals surface area (Å²) in [7, 11) is -3.56. The minimum atomic E-state index is -3.56. The van der Waals surface area contributed by atoms with Crippen molar-refractivity contribution in [3.05, 3.63) is 66.2 Å². The van der Waals surface area contributed by atoms with E-state index in [1.807, 2.05) is 30.3 Å². The highest BCUT2D eigenvalue weighted by Crippen LogP contribution is 2.27. The van der Waals surface area contributed by atoms with Crippen LogP contribution in [0.3, 0.4) is 0 Å². The van der Waals surface area contributed by atoms with Crippen LogP contribution in [-0.4, -0.2) is 44.2 Å².